The van der Waals surface area contributed by atoms with Crippen LogP contribution >= 0.6 is 0 Å². The van der Waals surface area contributed by atoms with E-state index in [9.17, 15) is 18.4 Å². The van der Waals surface area contributed by atoms with E-state index >= 15 is 0 Å². The Labute approximate surface area is 224 Å². The molecule has 2 aliphatic heterocycles. The van der Waals surface area contributed by atoms with Crippen molar-refractivity contribution in [3.05, 3.63) is 65.9 Å². The highest BCUT2D eigenvalue weighted by Gasteiger charge is 2.52. The first-order valence-electron chi connectivity index (χ1n) is 13.4. The summed E-state index contributed by atoms with van der Waals surface area (Å²) in [4.78, 5) is 37.9. The predicted molar refractivity (Wildman–Crippen MR) is 136 cm³/mol. The third kappa shape index (κ3) is 5.40. The predicted octanol–water partition coefficient (Wildman–Crippen LogP) is 4.54. The molecular weight excluding hydrogens is 506 g/mol. The number of halogens is 2. The molecule has 1 aromatic carbocycles. The molecule has 0 N–H and O–H groups in total. The van der Waals surface area contributed by atoms with Gasteiger partial charge in [-0.3, -0.25) is 14.5 Å². The SMILES string of the molecule is O=C(CC1(CC(=O)c2cc(-c3ccc(F)cc3F)on2)CN(C2CCOCC2)C1)CC1(c2ncccn2)CC1. The average Bonchev–Trinajstić information content (AvgIpc) is 3.52. The molecule has 4 heterocycles. The summed E-state index contributed by atoms with van der Waals surface area (Å²) in [5.41, 5.74) is -0.713. The van der Waals surface area contributed by atoms with Gasteiger partial charge >= 0.3 is 0 Å². The van der Waals surface area contributed by atoms with Crippen LogP contribution in [0.3, 0.4) is 0 Å². The fourth-order valence-corrected chi connectivity index (χ4v) is 6.13. The molecule has 3 fully saturated rings. The Hall–Kier alpha value is -3.37. The summed E-state index contributed by atoms with van der Waals surface area (Å²) in [5, 5.41) is 3.88. The second kappa shape index (κ2) is 10.3. The highest BCUT2D eigenvalue weighted by atomic mass is 19.1. The highest BCUT2D eigenvalue weighted by molar-refractivity contribution is 5.96. The van der Waals surface area contributed by atoms with Crippen molar-refractivity contribution in [1.82, 2.24) is 20.0 Å². The maximum atomic E-state index is 14.2. The van der Waals surface area contributed by atoms with Crippen molar-refractivity contribution in [2.24, 2.45) is 5.41 Å². The van der Waals surface area contributed by atoms with Gasteiger partial charge in [-0.25, -0.2) is 18.7 Å². The number of carbonyl (C=O) groups excluding carboxylic acids is 2. The normalized spacial score (nSPS) is 20.4. The molecule has 0 atom stereocenters. The Morgan fingerprint density at radius 1 is 1.00 bits per heavy atom. The topological polar surface area (TPSA) is 98.4 Å². The van der Waals surface area contributed by atoms with Gasteiger partial charge < -0.3 is 9.26 Å². The molecule has 204 valence electrons. The van der Waals surface area contributed by atoms with E-state index in [2.05, 4.69) is 20.0 Å². The number of rotatable bonds is 10. The number of ketones is 2. The molecule has 39 heavy (non-hydrogen) atoms. The summed E-state index contributed by atoms with van der Waals surface area (Å²) in [6, 6.07) is 6.66. The summed E-state index contributed by atoms with van der Waals surface area (Å²) in [6.45, 7) is 2.71. The first-order chi connectivity index (χ1) is 18.8. The molecule has 6 rings (SSSR count). The Kier molecular flexibility index (Phi) is 6.84. The first kappa shape index (κ1) is 25.9. The minimum Gasteiger partial charge on any atom is -0.381 e. The van der Waals surface area contributed by atoms with Crippen LogP contribution in [0.25, 0.3) is 11.3 Å². The maximum absolute atomic E-state index is 14.2. The van der Waals surface area contributed by atoms with Crippen LogP contribution in [0.2, 0.25) is 0 Å². The first-order valence-corrected chi connectivity index (χ1v) is 13.4. The van der Waals surface area contributed by atoms with Gasteiger partial charge in [-0.15, -0.1) is 0 Å². The minimum atomic E-state index is -0.797. The Morgan fingerprint density at radius 2 is 1.74 bits per heavy atom. The van der Waals surface area contributed by atoms with E-state index in [1.165, 1.54) is 12.1 Å². The molecule has 2 aromatic heterocycles. The van der Waals surface area contributed by atoms with E-state index in [1.807, 2.05) is 0 Å². The van der Waals surface area contributed by atoms with Gasteiger partial charge in [0.25, 0.3) is 0 Å². The van der Waals surface area contributed by atoms with E-state index in [0.717, 1.165) is 37.8 Å². The van der Waals surface area contributed by atoms with Crippen LogP contribution in [0.4, 0.5) is 8.78 Å². The van der Waals surface area contributed by atoms with Gasteiger partial charge in [0.1, 0.15) is 28.9 Å². The van der Waals surface area contributed by atoms with Crippen LogP contribution in [0.15, 0.2) is 47.2 Å². The number of benzene rings is 1. The van der Waals surface area contributed by atoms with Crippen molar-refractivity contribution in [1.29, 1.82) is 0 Å². The Balaban J connectivity index is 1.17. The molecule has 3 aliphatic rings. The molecule has 8 nitrogen and oxygen atoms in total. The molecule has 0 unspecified atom stereocenters. The third-order valence-electron chi connectivity index (χ3n) is 8.31. The zero-order valence-corrected chi connectivity index (χ0v) is 21.6. The van der Waals surface area contributed by atoms with Crippen molar-refractivity contribution in [2.75, 3.05) is 26.3 Å². The summed E-state index contributed by atoms with van der Waals surface area (Å²) >= 11 is 0. The van der Waals surface area contributed by atoms with Gasteiger partial charge in [0, 0.05) is 87.0 Å². The lowest BCUT2D eigenvalue weighted by molar-refractivity contribution is -0.128. The monoisotopic (exact) mass is 536 g/mol. The maximum Gasteiger partial charge on any atom is 0.185 e. The number of likely N-dealkylation sites (tertiary alicyclic amines) is 1. The number of hydrogen-bond donors (Lipinski definition) is 0. The van der Waals surface area contributed by atoms with Crippen LogP contribution in [0.5, 0.6) is 0 Å². The molecule has 0 radical (unpaired) electrons. The Morgan fingerprint density at radius 3 is 2.44 bits per heavy atom. The largest absolute Gasteiger partial charge is 0.381 e. The molecule has 10 heteroatoms. The molecule has 1 saturated carbocycles. The molecule has 0 spiro atoms. The van der Waals surface area contributed by atoms with Crippen LogP contribution < -0.4 is 0 Å². The quantitative estimate of drug-likeness (QED) is 0.348. The van der Waals surface area contributed by atoms with Gasteiger partial charge in [0.05, 0.1) is 5.56 Å². The van der Waals surface area contributed by atoms with E-state index in [4.69, 9.17) is 9.26 Å². The fourth-order valence-electron chi connectivity index (χ4n) is 6.13. The van der Waals surface area contributed by atoms with Gasteiger partial charge in [0.15, 0.2) is 11.5 Å². The fraction of sp³-hybridized carbons (Fsp3) is 0.483. The smallest absolute Gasteiger partial charge is 0.185 e. The minimum absolute atomic E-state index is 0.0278. The average molecular weight is 537 g/mol. The lowest BCUT2D eigenvalue weighted by Crippen LogP contribution is -2.62. The third-order valence-corrected chi connectivity index (χ3v) is 8.31. The number of aromatic nitrogens is 3. The van der Waals surface area contributed by atoms with Gasteiger partial charge in [-0.1, -0.05) is 5.16 Å². The summed E-state index contributed by atoms with van der Waals surface area (Å²) in [7, 11) is 0. The number of ether oxygens (including phenoxy) is 1. The van der Waals surface area contributed by atoms with Crippen LogP contribution in [-0.4, -0.2) is 63.9 Å². The molecular formula is C29H30F2N4O4. The lowest BCUT2D eigenvalue weighted by Gasteiger charge is -2.54. The van der Waals surface area contributed by atoms with E-state index in [0.29, 0.717) is 44.6 Å². The van der Waals surface area contributed by atoms with Crippen LogP contribution in [-0.2, 0) is 14.9 Å². The lowest BCUT2D eigenvalue weighted by atomic mass is 9.69. The van der Waals surface area contributed by atoms with Crippen LogP contribution in [0.1, 0.15) is 61.3 Å². The number of hydrogen-bond acceptors (Lipinski definition) is 8. The van der Waals surface area contributed by atoms with E-state index in [1.54, 1.807) is 18.5 Å². The number of nitrogens with zero attached hydrogens (tertiary/aromatic N) is 4. The van der Waals surface area contributed by atoms with Gasteiger partial charge in [-0.05, 0) is 43.9 Å². The van der Waals surface area contributed by atoms with Gasteiger partial charge in [0.2, 0.25) is 0 Å². The van der Waals surface area contributed by atoms with Crippen molar-refractivity contribution in [3.8, 4) is 11.3 Å². The molecule has 0 amide bonds. The van der Waals surface area contributed by atoms with Gasteiger partial charge in [-0.2, -0.15) is 0 Å². The zero-order valence-electron chi connectivity index (χ0n) is 21.6. The van der Waals surface area contributed by atoms with E-state index in [-0.39, 0.29) is 46.8 Å². The van der Waals surface area contributed by atoms with Crippen molar-refractivity contribution in [3.63, 3.8) is 0 Å². The van der Waals surface area contributed by atoms with Crippen molar-refractivity contribution in [2.45, 2.75) is 56.4 Å². The standard InChI is InChI=1S/C29H30F2N4O4/c30-19-2-3-22(23(31)12-19)26-13-24(34-39-26)25(37)16-28(17-35(18-28)20-4-10-38-11-5-20)14-21(36)15-29(6-7-29)27-32-8-1-9-33-27/h1-3,8-9,12-13,20H,4-7,10-11,14-18H2. The van der Waals surface area contributed by atoms with Crippen molar-refractivity contribution < 1.29 is 27.6 Å². The second-order valence-corrected chi connectivity index (χ2v) is 11.3. The summed E-state index contributed by atoms with van der Waals surface area (Å²) < 4.78 is 38.3. The molecule has 2 saturated heterocycles. The molecule has 0 bridgehead atoms. The van der Waals surface area contributed by atoms with Crippen LogP contribution in [0, 0.1) is 17.0 Å². The summed E-state index contributed by atoms with van der Waals surface area (Å²) in [6.07, 6.45) is 7.81. The highest BCUT2D eigenvalue weighted by Crippen LogP contribution is 2.51. The van der Waals surface area contributed by atoms with E-state index < -0.39 is 17.0 Å². The summed E-state index contributed by atoms with van der Waals surface area (Å²) in [5.74, 6) is -0.895. The Bertz CT molecular complexity index is 1360. The molecule has 1 aliphatic carbocycles. The van der Waals surface area contributed by atoms with Crippen molar-refractivity contribution >= 4 is 11.6 Å². The number of Topliss-reactive ketones (excluding diaryl/α,β-unsaturated/α-hetero) is 2. The number of carbonyl (C=O) groups is 2. The zero-order chi connectivity index (χ0) is 27.0. The second-order valence-electron chi connectivity index (χ2n) is 11.3. The molecule has 3 aromatic rings.